The summed E-state index contributed by atoms with van der Waals surface area (Å²) in [7, 11) is 0. The zero-order valence-electron chi connectivity index (χ0n) is 23.6. The van der Waals surface area contributed by atoms with Gasteiger partial charge in [-0.3, -0.25) is 19.2 Å². The quantitative estimate of drug-likeness (QED) is 0.113. The molecule has 5 unspecified atom stereocenters. The normalized spacial score (nSPS) is 14.7. The average molecular weight is 583 g/mol. The number of primary amides is 1. The summed E-state index contributed by atoms with van der Waals surface area (Å²) in [6.45, 7) is 3.51. The van der Waals surface area contributed by atoms with Crippen molar-refractivity contribution in [3.8, 4) is 0 Å². The zero-order valence-corrected chi connectivity index (χ0v) is 23.6. The molecule has 4 amide bonds. The van der Waals surface area contributed by atoms with E-state index < -0.39 is 53.8 Å². The lowest BCUT2D eigenvalue weighted by molar-refractivity contribution is -0.143. The van der Waals surface area contributed by atoms with Crippen LogP contribution in [0.5, 0.6) is 0 Å². The van der Waals surface area contributed by atoms with Crippen molar-refractivity contribution in [1.29, 1.82) is 0 Å². The molecule has 1 aromatic carbocycles. The number of carbonyl (C=O) groups is 5. The zero-order chi connectivity index (χ0) is 30.8. The number of para-hydroxylation sites is 1. The second-order valence-corrected chi connectivity index (χ2v) is 10.3. The molecule has 3 aromatic rings. The number of amides is 4. The monoisotopic (exact) mass is 582 g/mol. The fourth-order valence-electron chi connectivity index (χ4n) is 4.47. The lowest BCUT2D eigenvalue weighted by atomic mass is 9.98. The van der Waals surface area contributed by atoms with Crippen molar-refractivity contribution in [1.82, 2.24) is 30.9 Å². The molecule has 0 aliphatic carbocycles. The molecule has 0 radical (unpaired) electrons. The number of carboxylic acid groups (broad SMARTS) is 1. The van der Waals surface area contributed by atoms with E-state index in [2.05, 4.69) is 30.9 Å². The SMILES string of the molecule is CCC(C)C(NC(=O)C(Cc1cnc[nH]1)NC(=O)C(Cc1c[nH]c2ccccc12)NC(=O)C(N)CCC(N)=O)C(=O)O. The van der Waals surface area contributed by atoms with Crippen molar-refractivity contribution < 1.29 is 29.1 Å². The van der Waals surface area contributed by atoms with E-state index in [0.29, 0.717) is 12.1 Å². The number of hydrogen-bond donors (Lipinski definition) is 8. The maximum Gasteiger partial charge on any atom is 0.326 e. The van der Waals surface area contributed by atoms with Gasteiger partial charge in [-0.2, -0.15) is 0 Å². The molecule has 0 fully saturated rings. The molecule has 3 rings (SSSR count). The molecule has 0 bridgehead atoms. The number of nitrogens with one attached hydrogen (secondary N) is 5. The lowest BCUT2D eigenvalue weighted by Gasteiger charge is -2.26. The summed E-state index contributed by atoms with van der Waals surface area (Å²) in [6.07, 6.45) is 5.04. The van der Waals surface area contributed by atoms with Gasteiger partial charge in [0.25, 0.3) is 0 Å². The highest BCUT2D eigenvalue weighted by molar-refractivity contribution is 5.95. The van der Waals surface area contributed by atoms with Crippen molar-refractivity contribution >= 4 is 40.5 Å². The van der Waals surface area contributed by atoms with Gasteiger partial charge in [0.1, 0.15) is 18.1 Å². The third-order valence-electron chi connectivity index (χ3n) is 7.16. The fraction of sp³-hybridized carbons (Fsp3) is 0.429. The summed E-state index contributed by atoms with van der Waals surface area (Å²) in [5.74, 6) is -4.25. The van der Waals surface area contributed by atoms with Gasteiger partial charge in [0, 0.05) is 48.3 Å². The number of rotatable bonds is 16. The molecule has 2 aromatic heterocycles. The maximum absolute atomic E-state index is 13.7. The smallest absolute Gasteiger partial charge is 0.326 e. The minimum absolute atomic E-state index is 0.0143. The lowest BCUT2D eigenvalue weighted by Crippen LogP contribution is -2.58. The van der Waals surface area contributed by atoms with Crippen LogP contribution in [0.3, 0.4) is 0 Å². The number of fused-ring (bicyclic) bond motifs is 1. The number of nitrogens with two attached hydrogens (primary N) is 2. The second kappa shape index (κ2) is 14.8. The minimum Gasteiger partial charge on any atom is -0.480 e. The topological polar surface area (TPSA) is 238 Å². The molecule has 0 aliphatic heterocycles. The molecule has 0 saturated carbocycles. The van der Waals surface area contributed by atoms with Gasteiger partial charge in [-0.15, -0.1) is 0 Å². The van der Waals surface area contributed by atoms with Crippen LogP contribution in [-0.4, -0.2) is 73.8 Å². The fourth-order valence-corrected chi connectivity index (χ4v) is 4.47. The summed E-state index contributed by atoms with van der Waals surface area (Å²) in [5, 5.41) is 18.4. The molecule has 42 heavy (non-hydrogen) atoms. The first-order chi connectivity index (χ1) is 20.0. The van der Waals surface area contributed by atoms with Gasteiger partial charge >= 0.3 is 5.97 Å². The largest absolute Gasteiger partial charge is 0.480 e. The van der Waals surface area contributed by atoms with Gasteiger partial charge in [-0.1, -0.05) is 38.5 Å². The number of carboxylic acids is 1. The number of H-pyrrole nitrogens is 2. The summed E-state index contributed by atoms with van der Waals surface area (Å²) >= 11 is 0. The molecular formula is C28H38N8O6. The van der Waals surface area contributed by atoms with Crippen molar-refractivity contribution in [3.63, 3.8) is 0 Å². The van der Waals surface area contributed by atoms with Gasteiger partial charge in [0.05, 0.1) is 12.4 Å². The third kappa shape index (κ3) is 8.64. The van der Waals surface area contributed by atoms with Crippen molar-refractivity contribution in [2.45, 2.75) is 70.1 Å². The highest BCUT2D eigenvalue weighted by Crippen LogP contribution is 2.19. The van der Waals surface area contributed by atoms with E-state index in [4.69, 9.17) is 11.5 Å². The van der Waals surface area contributed by atoms with Crippen molar-refractivity contribution in [2.24, 2.45) is 17.4 Å². The first-order valence-corrected chi connectivity index (χ1v) is 13.7. The molecule has 0 saturated heterocycles. The van der Waals surface area contributed by atoms with Gasteiger partial charge in [-0.25, -0.2) is 9.78 Å². The Hall–Kier alpha value is -4.72. The highest BCUT2D eigenvalue weighted by atomic mass is 16.4. The molecule has 10 N–H and O–H groups in total. The Bertz CT molecular complexity index is 1390. The van der Waals surface area contributed by atoms with Gasteiger partial charge in [0.15, 0.2) is 0 Å². The molecule has 2 heterocycles. The molecule has 0 aliphatic rings. The van der Waals surface area contributed by atoms with Crippen LogP contribution in [-0.2, 0) is 36.8 Å². The van der Waals surface area contributed by atoms with Crippen LogP contribution in [0.15, 0.2) is 43.0 Å². The summed E-state index contributed by atoms with van der Waals surface area (Å²) in [6, 6.07) is 2.79. The van der Waals surface area contributed by atoms with Crippen LogP contribution >= 0.6 is 0 Å². The Balaban J connectivity index is 1.87. The Morgan fingerprint density at radius 1 is 0.976 bits per heavy atom. The van der Waals surface area contributed by atoms with Gasteiger partial charge in [0.2, 0.25) is 23.6 Å². The predicted octanol–water partition coefficient (Wildman–Crippen LogP) is -0.146. The Morgan fingerprint density at radius 3 is 2.29 bits per heavy atom. The number of imidazole rings is 1. The van der Waals surface area contributed by atoms with Gasteiger partial charge < -0.3 is 42.5 Å². The Morgan fingerprint density at radius 2 is 1.64 bits per heavy atom. The standard InChI is InChI=1S/C28H38N8O6/c1-3-15(2)24(28(41)42)36-27(40)22(11-17-13-31-14-33-17)35-26(39)21(34-25(38)19(29)8-9-23(30)37)10-16-12-32-20-7-5-4-6-18(16)20/h4-7,12-15,19,21-22,24,32H,3,8-11,29H2,1-2H3,(H2,30,37)(H,31,33)(H,34,38)(H,35,39)(H,36,40)(H,41,42). The first-order valence-electron chi connectivity index (χ1n) is 13.7. The number of aromatic amines is 2. The number of carbonyl (C=O) groups excluding carboxylic acids is 4. The van der Waals surface area contributed by atoms with E-state index in [9.17, 15) is 29.1 Å². The second-order valence-electron chi connectivity index (χ2n) is 10.3. The van der Waals surface area contributed by atoms with E-state index in [0.717, 1.165) is 16.5 Å². The van der Waals surface area contributed by atoms with E-state index in [-0.39, 0.29) is 31.6 Å². The number of nitrogens with zero attached hydrogens (tertiary/aromatic N) is 1. The predicted molar refractivity (Wildman–Crippen MR) is 154 cm³/mol. The molecule has 14 heteroatoms. The minimum atomic E-state index is -1.20. The van der Waals surface area contributed by atoms with Crippen LogP contribution in [0.25, 0.3) is 10.9 Å². The van der Waals surface area contributed by atoms with E-state index in [1.54, 1.807) is 13.1 Å². The number of aliphatic carboxylic acids is 1. The summed E-state index contributed by atoms with van der Waals surface area (Å²) in [5.41, 5.74) is 13.2. The molecule has 14 nitrogen and oxygen atoms in total. The van der Waals surface area contributed by atoms with Crippen LogP contribution in [0, 0.1) is 5.92 Å². The molecule has 226 valence electrons. The number of hydrogen-bond acceptors (Lipinski definition) is 7. The Labute approximate surface area is 242 Å². The van der Waals surface area contributed by atoms with E-state index in [1.807, 2.05) is 31.2 Å². The Kier molecular flexibility index (Phi) is 11.2. The maximum atomic E-state index is 13.7. The summed E-state index contributed by atoms with van der Waals surface area (Å²) in [4.78, 5) is 73.0. The first kappa shape index (κ1) is 31.8. The van der Waals surface area contributed by atoms with Crippen LogP contribution in [0.1, 0.15) is 44.4 Å². The third-order valence-corrected chi connectivity index (χ3v) is 7.16. The van der Waals surface area contributed by atoms with E-state index >= 15 is 0 Å². The van der Waals surface area contributed by atoms with E-state index in [1.165, 1.54) is 12.5 Å². The van der Waals surface area contributed by atoms with Gasteiger partial charge in [-0.05, 0) is 24.0 Å². The number of aromatic nitrogens is 3. The number of benzene rings is 1. The average Bonchev–Trinajstić information content (AvgIpc) is 3.63. The molecule has 0 spiro atoms. The molecular weight excluding hydrogens is 544 g/mol. The van der Waals surface area contributed by atoms with Crippen LogP contribution in [0.2, 0.25) is 0 Å². The summed E-state index contributed by atoms with van der Waals surface area (Å²) < 4.78 is 0. The van der Waals surface area contributed by atoms with Crippen LogP contribution < -0.4 is 27.4 Å². The van der Waals surface area contributed by atoms with Crippen molar-refractivity contribution in [2.75, 3.05) is 0 Å². The van der Waals surface area contributed by atoms with Crippen LogP contribution in [0.4, 0.5) is 0 Å². The molecule has 5 atom stereocenters. The van der Waals surface area contributed by atoms with Crippen molar-refractivity contribution in [3.05, 3.63) is 54.2 Å². The highest BCUT2D eigenvalue weighted by Gasteiger charge is 2.32.